The van der Waals surface area contributed by atoms with Gasteiger partial charge in [0.15, 0.2) is 0 Å². The number of nitrogens with zero attached hydrogens (tertiary/aromatic N) is 2. The number of aliphatic hydroxyl groups excluding tert-OH is 1. The van der Waals surface area contributed by atoms with Crippen molar-refractivity contribution in [2.75, 3.05) is 25.5 Å². The molecule has 200 valence electrons. The Morgan fingerprint density at radius 1 is 1.24 bits per heavy atom. The number of aryl methyl sites for hydroxylation is 1. The fourth-order valence-corrected chi connectivity index (χ4v) is 4.72. The van der Waals surface area contributed by atoms with E-state index in [1.807, 2.05) is 32.9 Å². The van der Waals surface area contributed by atoms with Crippen LogP contribution in [-0.2, 0) is 0 Å². The third-order valence-corrected chi connectivity index (χ3v) is 7.57. The molecule has 0 radical (unpaired) electrons. The molecule has 37 heavy (non-hydrogen) atoms. The van der Waals surface area contributed by atoms with Gasteiger partial charge in [-0.25, -0.2) is 9.38 Å². The Labute approximate surface area is 225 Å². The van der Waals surface area contributed by atoms with E-state index in [-0.39, 0.29) is 17.6 Å². The summed E-state index contributed by atoms with van der Waals surface area (Å²) in [5, 5.41) is 15.7. The van der Waals surface area contributed by atoms with Crippen molar-refractivity contribution in [3.05, 3.63) is 82.7 Å². The van der Waals surface area contributed by atoms with E-state index in [0.717, 1.165) is 35.9 Å². The van der Waals surface area contributed by atoms with Crippen molar-refractivity contribution in [3.8, 4) is 0 Å². The fraction of sp³-hybridized carbons (Fsp3) is 0.414. The number of piperidine rings is 1. The van der Waals surface area contributed by atoms with Crippen LogP contribution in [0.5, 0.6) is 0 Å². The van der Waals surface area contributed by atoms with Crippen LogP contribution in [0.4, 0.5) is 10.1 Å². The minimum Gasteiger partial charge on any atom is -0.508 e. The van der Waals surface area contributed by atoms with Crippen molar-refractivity contribution in [2.45, 2.75) is 52.5 Å². The molecule has 1 saturated heterocycles. The minimum absolute atomic E-state index is 0.0197. The van der Waals surface area contributed by atoms with Gasteiger partial charge in [0, 0.05) is 66.1 Å². The molecule has 1 spiro atoms. The quantitative estimate of drug-likeness (QED) is 0.332. The van der Waals surface area contributed by atoms with E-state index in [1.54, 1.807) is 13.1 Å². The van der Waals surface area contributed by atoms with Crippen LogP contribution >= 0.6 is 11.6 Å². The number of halogens is 2. The summed E-state index contributed by atoms with van der Waals surface area (Å²) in [5.41, 5.74) is 11.1. The van der Waals surface area contributed by atoms with Crippen LogP contribution in [-0.4, -0.2) is 41.9 Å². The number of hydrogen-bond donors (Lipinski definition) is 4. The standard InChI is InChI=1S/C19H27FN4.C10H12ClNO/c1-13-10-18(24-8-6-19(4-5-19)7-9-24)23-15(3)17(14(2)21)11-16(20)12-22-13;1-6-4-10(12-3)8(7(2)13)5-9(6)11/h10-12,14,22H,1,4-9,21H2,2-3H3;4-5,12-13H,2H2,1,3H3/b16-12?,17-11?,18-10+,23-15+;. The highest BCUT2D eigenvalue weighted by Crippen LogP contribution is 2.54. The van der Waals surface area contributed by atoms with Crippen LogP contribution in [0.25, 0.3) is 5.76 Å². The SMILES string of the molecule is C=C(O)c1cc(Cl)c(C)cc1NC.C=C1/C=C(N2CCC3(CC2)CC3)\N=C(/C)C(C(C)N)=CC(F)=CN1. The second-order valence-electron chi connectivity index (χ2n) is 10.1. The largest absolute Gasteiger partial charge is 0.508 e. The number of aliphatic hydroxyl groups is 1. The van der Waals surface area contributed by atoms with Crippen LogP contribution in [0.2, 0.25) is 5.02 Å². The van der Waals surface area contributed by atoms with E-state index in [2.05, 4.69) is 28.7 Å². The zero-order chi connectivity index (χ0) is 27.3. The summed E-state index contributed by atoms with van der Waals surface area (Å²) in [7, 11) is 1.79. The van der Waals surface area contributed by atoms with Gasteiger partial charge in [-0.05, 0) is 81.2 Å². The van der Waals surface area contributed by atoms with Gasteiger partial charge in [-0.2, -0.15) is 0 Å². The molecule has 1 aromatic rings. The molecule has 2 fully saturated rings. The lowest BCUT2D eigenvalue weighted by atomic mass is 9.94. The molecule has 0 aromatic heterocycles. The van der Waals surface area contributed by atoms with Gasteiger partial charge in [-0.3, -0.25) is 0 Å². The summed E-state index contributed by atoms with van der Waals surface area (Å²) in [6, 6.07) is 3.29. The molecule has 1 atom stereocenters. The maximum atomic E-state index is 14.0. The number of allylic oxidation sites excluding steroid dienone is 3. The van der Waals surface area contributed by atoms with Crippen LogP contribution in [0, 0.1) is 12.3 Å². The molecule has 3 aliphatic rings. The summed E-state index contributed by atoms with van der Waals surface area (Å²) in [5.74, 6) is 0.512. The van der Waals surface area contributed by atoms with Crippen LogP contribution in [0.3, 0.4) is 0 Å². The summed E-state index contributed by atoms with van der Waals surface area (Å²) >= 11 is 5.91. The van der Waals surface area contributed by atoms with Gasteiger partial charge in [0.1, 0.15) is 17.4 Å². The molecule has 0 bridgehead atoms. The van der Waals surface area contributed by atoms with Crippen LogP contribution in [0.1, 0.15) is 50.7 Å². The lowest BCUT2D eigenvalue weighted by Crippen LogP contribution is -2.34. The number of rotatable bonds is 4. The topological polar surface area (TPSA) is 85.9 Å². The Morgan fingerprint density at radius 2 is 1.89 bits per heavy atom. The molecule has 4 rings (SSSR count). The summed E-state index contributed by atoms with van der Waals surface area (Å²) in [6.07, 6.45) is 9.85. The molecule has 2 aliphatic heterocycles. The van der Waals surface area contributed by atoms with Gasteiger partial charge < -0.3 is 26.4 Å². The van der Waals surface area contributed by atoms with Crippen molar-refractivity contribution in [1.29, 1.82) is 0 Å². The van der Waals surface area contributed by atoms with Crippen molar-refractivity contribution >= 4 is 28.8 Å². The molecule has 5 N–H and O–H groups in total. The Kier molecular flexibility index (Phi) is 9.26. The van der Waals surface area contributed by atoms with Gasteiger partial charge >= 0.3 is 0 Å². The summed E-state index contributed by atoms with van der Waals surface area (Å²) < 4.78 is 14.0. The lowest BCUT2D eigenvalue weighted by Gasteiger charge is -2.34. The maximum Gasteiger partial charge on any atom is 0.139 e. The first-order valence-corrected chi connectivity index (χ1v) is 13.0. The van der Waals surface area contributed by atoms with Gasteiger partial charge in [0.05, 0.1) is 0 Å². The normalized spacial score (nSPS) is 22.6. The first kappa shape index (κ1) is 28.5. The summed E-state index contributed by atoms with van der Waals surface area (Å²) in [4.78, 5) is 7.08. The zero-order valence-electron chi connectivity index (χ0n) is 22.3. The summed E-state index contributed by atoms with van der Waals surface area (Å²) in [6.45, 7) is 15.1. The predicted octanol–water partition coefficient (Wildman–Crippen LogP) is 6.58. The van der Waals surface area contributed by atoms with E-state index < -0.39 is 0 Å². The van der Waals surface area contributed by atoms with Crippen molar-refractivity contribution in [1.82, 2.24) is 10.2 Å². The third kappa shape index (κ3) is 7.49. The van der Waals surface area contributed by atoms with Crippen molar-refractivity contribution in [2.24, 2.45) is 16.1 Å². The maximum absolute atomic E-state index is 14.0. The smallest absolute Gasteiger partial charge is 0.139 e. The zero-order valence-corrected chi connectivity index (χ0v) is 23.1. The van der Waals surface area contributed by atoms with E-state index in [9.17, 15) is 9.50 Å². The number of anilines is 1. The van der Waals surface area contributed by atoms with Gasteiger partial charge in [-0.1, -0.05) is 24.8 Å². The Balaban J connectivity index is 0.000000248. The molecule has 1 aromatic carbocycles. The first-order valence-electron chi connectivity index (χ1n) is 12.6. The molecular formula is C29H39ClFN5O. The lowest BCUT2D eigenvalue weighted by molar-refractivity contribution is 0.211. The van der Waals surface area contributed by atoms with Gasteiger partial charge in [0.2, 0.25) is 0 Å². The van der Waals surface area contributed by atoms with Crippen LogP contribution < -0.4 is 16.4 Å². The van der Waals surface area contributed by atoms with E-state index >= 15 is 0 Å². The second-order valence-corrected chi connectivity index (χ2v) is 10.5. The highest BCUT2D eigenvalue weighted by molar-refractivity contribution is 6.31. The predicted molar refractivity (Wildman–Crippen MR) is 154 cm³/mol. The highest BCUT2D eigenvalue weighted by atomic mass is 35.5. The number of hydrogen-bond acceptors (Lipinski definition) is 6. The number of likely N-dealkylation sites (tertiary alicyclic amines) is 1. The van der Waals surface area contributed by atoms with Gasteiger partial charge in [0.25, 0.3) is 0 Å². The average Bonchev–Trinajstić information content (AvgIpc) is 3.60. The third-order valence-electron chi connectivity index (χ3n) is 7.17. The molecular weight excluding hydrogens is 489 g/mol. The molecule has 2 heterocycles. The Bertz CT molecular complexity index is 1170. The fourth-order valence-electron chi connectivity index (χ4n) is 4.56. The second kappa shape index (κ2) is 12.0. The molecule has 1 unspecified atom stereocenters. The number of aliphatic imine (C=N–C) groups is 1. The van der Waals surface area contributed by atoms with E-state index in [1.165, 1.54) is 38.0 Å². The van der Waals surface area contributed by atoms with Crippen LogP contribution in [0.15, 0.2) is 71.6 Å². The van der Waals surface area contributed by atoms with Crippen molar-refractivity contribution in [3.63, 3.8) is 0 Å². The number of nitrogens with two attached hydrogens (primary N) is 1. The van der Waals surface area contributed by atoms with E-state index in [4.69, 9.17) is 22.3 Å². The van der Waals surface area contributed by atoms with Crippen molar-refractivity contribution < 1.29 is 9.50 Å². The average molecular weight is 528 g/mol. The molecule has 1 aliphatic carbocycles. The number of nitrogens with one attached hydrogen (secondary N) is 2. The molecule has 0 amide bonds. The first-order chi connectivity index (χ1) is 17.4. The monoisotopic (exact) mass is 527 g/mol. The number of benzene rings is 1. The highest BCUT2D eigenvalue weighted by Gasteiger charge is 2.44. The molecule has 6 nitrogen and oxygen atoms in total. The molecule has 8 heteroatoms. The molecule has 1 saturated carbocycles. The Hall–Kier alpha value is -3.03. The Morgan fingerprint density at radius 3 is 2.43 bits per heavy atom. The minimum atomic E-state index is -0.386. The van der Waals surface area contributed by atoms with Gasteiger partial charge in [-0.15, -0.1) is 0 Å². The van der Waals surface area contributed by atoms with E-state index in [0.29, 0.717) is 27.3 Å².